The molecule has 1 aliphatic carbocycles. The zero-order valence-electron chi connectivity index (χ0n) is 15.1. The Morgan fingerprint density at radius 3 is 2.77 bits per heavy atom. The zero-order chi connectivity index (χ0) is 18.3. The van der Waals surface area contributed by atoms with Crippen LogP contribution in [-0.2, 0) is 0 Å². The first-order valence-corrected chi connectivity index (χ1v) is 9.73. The molecule has 0 spiro atoms. The van der Waals surface area contributed by atoms with Crippen LogP contribution in [0.15, 0.2) is 35.5 Å². The number of ketones is 1. The largest absolute Gasteiger partial charge is 0.345 e. The van der Waals surface area contributed by atoms with E-state index in [0.717, 1.165) is 22.5 Å². The summed E-state index contributed by atoms with van der Waals surface area (Å²) in [6, 6.07) is 10.6. The summed E-state index contributed by atoms with van der Waals surface area (Å²) in [5.41, 5.74) is 5.10. The molecule has 0 radical (unpaired) electrons. The number of rotatable bonds is 6. The van der Waals surface area contributed by atoms with Crippen LogP contribution in [0.4, 0.5) is 0 Å². The summed E-state index contributed by atoms with van der Waals surface area (Å²) in [7, 11) is 0. The molecule has 2 heterocycles. The van der Waals surface area contributed by atoms with E-state index in [-0.39, 0.29) is 5.78 Å². The zero-order valence-corrected chi connectivity index (χ0v) is 16.0. The fraction of sp³-hybridized carbons (Fsp3) is 0.368. The van der Waals surface area contributed by atoms with Crippen LogP contribution in [0.5, 0.6) is 0 Å². The maximum Gasteiger partial charge on any atom is 0.214 e. The normalized spacial score (nSPS) is 14.0. The van der Waals surface area contributed by atoms with Gasteiger partial charge in [-0.25, -0.2) is 0 Å². The van der Waals surface area contributed by atoms with Crippen molar-refractivity contribution in [2.24, 2.45) is 0 Å². The molecule has 0 aliphatic heterocycles. The quantitative estimate of drug-likeness (QED) is 0.491. The number of carbonyl (C=O) groups is 1. The molecular formula is C19H21N5OS. The topological polar surface area (TPSA) is 65.6 Å². The number of hydrogen-bond donors (Lipinski definition) is 0. The van der Waals surface area contributed by atoms with Gasteiger partial charge < -0.3 is 4.57 Å². The van der Waals surface area contributed by atoms with Crippen molar-refractivity contribution in [3.8, 4) is 5.69 Å². The van der Waals surface area contributed by atoms with Gasteiger partial charge in [-0.3, -0.25) is 4.79 Å². The summed E-state index contributed by atoms with van der Waals surface area (Å²) in [6.07, 6.45) is 2.42. The first-order valence-electron chi connectivity index (χ1n) is 8.74. The summed E-state index contributed by atoms with van der Waals surface area (Å²) in [6.45, 7) is 6.15. The molecule has 2 aromatic heterocycles. The van der Waals surface area contributed by atoms with Crippen LogP contribution in [0.3, 0.4) is 0 Å². The van der Waals surface area contributed by atoms with Gasteiger partial charge in [0.25, 0.3) is 0 Å². The minimum Gasteiger partial charge on any atom is -0.345 e. The Morgan fingerprint density at radius 1 is 1.23 bits per heavy atom. The molecule has 0 amide bonds. The molecule has 1 aliphatic rings. The molecule has 0 unspecified atom stereocenters. The van der Waals surface area contributed by atoms with E-state index < -0.39 is 0 Å². The molecular weight excluding hydrogens is 346 g/mol. The number of carbonyl (C=O) groups excluding carboxylic acids is 1. The van der Waals surface area contributed by atoms with Gasteiger partial charge in [0, 0.05) is 23.0 Å². The van der Waals surface area contributed by atoms with Crippen molar-refractivity contribution in [2.45, 2.75) is 44.8 Å². The molecule has 6 nitrogen and oxygen atoms in total. The predicted octanol–water partition coefficient (Wildman–Crippen LogP) is 3.70. The second kappa shape index (κ2) is 6.72. The number of nitrogens with zero attached hydrogens (tertiary/aromatic N) is 5. The molecule has 0 saturated heterocycles. The van der Waals surface area contributed by atoms with Crippen LogP contribution in [0.2, 0.25) is 0 Å². The molecule has 7 heteroatoms. The van der Waals surface area contributed by atoms with Gasteiger partial charge in [0.05, 0.1) is 11.4 Å². The lowest BCUT2D eigenvalue weighted by molar-refractivity contribution is 0.102. The minimum atomic E-state index is 0.119. The highest BCUT2D eigenvalue weighted by Gasteiger charge is 2.28. The maximum absolute atomic E-state index is 12.8. The fourth-order valence-corrected chi connectivity index (χ4v) is 4.13. The van der Waals surface area contributed by atoms with Gasteiger partial charge in [0.2, 0.25) is 5.16 Å². The highest BCUT2D eigenvalue weighted by molar-refractivity contribution is 7.99. The van der Waals surface area contributed by atoms with Gasteiger partial charge in [-0.1, -0.05) is 23.9 Å². The van der Waals surface area contributed by atoms with Gasteiger partial charge in [-0.05, 0) is 67.8 Å². The number of Topliss-reactive ketones (excluding diaryl/α,β-unsaturated/α-hetero) is 1. The van der Waals surface area contributed by atoms with Crippen molar-refractivity contribution in [2.75, 3.05) is 5.75 Å². The Labute approximate surface area is 156 Å². The van der Waals surface area contributed by atoms with E-state index in [1.165, 1.54) is 30.3 Å². The third-order valence-corrected chi connectivity index (χ3v) is 5.64. The Kier molecular flexibility index (Phi) is 4.40. The minimum absolute atomic E-state index is 0.119. The number of hydrogen-bond acceptors (Lipinski definition) is 5. The molecule has 3 aromatic rings. The van der Waals surface area contributed by atoms with E-state index >= 15 is 0 Å². The van der Waals surface area contributed by atoms with Gasteiger partial charge in [0.15, 0.2) is 5.78 Å². The lowest BCUT2D eigenvalue weighted by atomic mass is 10.2. The van der Waals surface area contributed by atoms with Crippen LogP contribution in [-0.4, -0.2) is 36.3 Å². The molecule has 0 N–H and O–H groups in total. The van der Waals surface area contributed by atoms with Crippen molar-refractivity contribution < 1.29 is 4.79 Å². The highest BCUT2D eigenvalue weighted by Crippen LogP contribution is 2.38. The van der Waals surface area contributed by atoms with Crippen molar-refractivity contribution in [3.63, 3.8) is 0 Å². The Morgan fingerprint density at radius 2 is 2.04 bits per heavy atom. The van der Waals surface area contributed by atoms with E-state index in [2.05, 4.69) is 27.0 Å². The molecule has 4 rings (SSSR count). The van der Waals surface area contributed by atoms with E-state index in [4.69, 9.17) is 0 Å². The second-order valence-electron chi connectivity index (χ2n) is 6.81. The lowest BCUT2D eigenvalue weighted by Crippen LogP contribution is -2.07. The molecule has 1 saturated carbocycles. The van der Waals surface area contributed by atoms with Gasteiger partial charge >= 0.3 is 0 Å². The third kappa shape index (κ3) is 3.19. The van der Waals surface area contributed by atoms with Crippen molar-refractivity contribution >= 4 is 17.5 Å². The van der Waals surface area contributed by atoms with Crippen LogP contribution in [0.1, 0.15) is 46.2 Å². The fourth-order valence-electron chi connectivity index (χ4n) is 3.35. The van der Waals surface area contributed by atoms with Crippen molar-refractivity contribution in [1.29, 1.82) is 0 Å². The molecule has 1 fully saturated rings. The van der Waals surface area contributed by atoms with Crippen LogP contribution in [0.25, 0.3) is 5.69 Å². The van der Waals surface area contributed by atoms with Crippen LogP contribution < -0.4 is 0 Å². The van der Waals surface area contributed by atoms with E-state index in [1.54, 1.807) is 4.68 Å². The summed E-state index contributed by atoms with van der Waals surface area (Å²) in [5.74, 6) is 0.440. The highest BCUT2D eigenvalue weighted by atomic mass is 32.2. The first kappa shape index (κ1) is 17.0. The number of thioether (sulfide) groups is 1. The van der Waals surface area contributed by atoms with Gasteiger partial charge in [0.1, 0.15) is 0 Å². The van der Waals surface area contributed by atoms with E-state index in [9.17, 15) is 4.79 Å². The number of aryl methyl sites for hydroxylation is 2. The van der Waals surface area contributed by atoms with Gasteiger partial charge in [-0.2, -0.15) is 4.68 Å². The number of benzene rings is 1. The summed E-state index contributed by atoms with van der Waals surface area (Å²) < 4.78 is 3.98. The Bertz CT molecular complexity index is 970. The van der Waals surface area contributed by atoms with E-state index in [0.29, 0.717) is 17.0 Å². The number of tetrazole rings is 1. The molecule has 134 valence electrons. The SMILES string of the molecule is Cc1cccc(-n2nnnc2SCC(=O)c2cc(C)n(C3CC3)c2C)c1. The van der Waals surface area contributed by atoms with Crippen LogP contribution >= 0.6 is 11.8 Å². The summed E-state index contributed by atoms with van der Waals surface area (Å²) in [4.78, 5) is 12.8. The predicted molar refractivity (Wildman–Crippen MR) is 101 cm³/mol. The summed E-state index contributed by atoms with van der Waals surface area (Å²) >= 11 is 1.37. The average Bonchev–Trinajstić information content (AvgIpc) is 3.25. The maximum atomic E-state index is 12.8. The van der Waals surface area contributed by atoms with Crippen molar-refractivity contribution in [1.82, 2.24) is 24.8 Å². The van der Waals surface area contributed by atoms with Gasteiger partial charge in [-0.15, -0.1) is 5.10 Å². The Balaban J connectivity index is 1.51. The number of aromatic nitrogens is 5. The van der Waals surface area contributed by atoms with E-state index in [1.807, 2.05) is 44.2 Å². The standard InChI is InChI=1S/C19H21N5OS/c1-12-5-4-6-16(9-12)24-19(20-21-22-24)26-11-18(25)17-10-13(2)23(14(17)3)15-7-8-15/h4-6,9-10,15H,7-8,11H2,1-3H3. The molecule has 1 aromatic carbocycles. The second-order valence-corrected chi connectivity index (χ2v) is 7.75. The molecule has 0 bridgehead atoms. The monoisotopic (exact) mass is 367 g/mol. The molecule has 0 atom stereocenters. The smallest absolute Gasteiger partial charge is 0.214 e. The summed E-state index contributed by atoms with van der Waals surface area (Å²) in [5, 5.41) is 12.5. The first-order chi connectivity index (χ1) is 12.5. The lowest BCUT2D eigenvalue weighted by Gasteiger charge is -2.07. The molecule has 26 heavy (non-hydrogen) atoms. The average molecular weight is 367 g/mol. The third-order valence-electron chi connectivity index (χ3n) is 4.72. The van der Waals surface area contributed by atoms with Crippen LogP contribution in [0, 0.1) is 20.8 Å². The van der Waals surface area contributed by atoms with Crippen molar-refractivity contribution in [3.05, 3.63) is 52.8 Å². The Hall–Kier alpha value is -2.41.